The van der Waals surface area contributed by atoms with Crippen molar-refractivity contribution in [3.05, 3.63) is 23.8 Å². The fraction of sp³-hybridized carbons (Fsp3) is 0.571. The summed E-state index contributed by atoms with van der Waals surface area (Å²) in [6.45, 7) is 2.07. The highest BCUT2D eigenvalue weighted by Crippen LogP contribution is 2.34. The zero-order valence-corrected chi connectivity index (χ0v) is 12.2. The van der Waals surface area contributed by atoms with Gasteiger partial charge >= 0.3 is 0 Å². The van der Waals surface area contributed by atoms with Gasteiger partial charge in [-0.25, -0.2) is 13.6 Å². The summed E-state index contributed by atoms with van der Waals surface area (Å²) in [5.74, 6) is 1.24. The van der Waals surface area contributed by atoms with Crippen LogP contribution in [0.5, 0.6) is 5.75 Å². The molecular formula is C14H20N2O3S. The number of hydrogen-bond acceptors (Lipinski definition) is 4. The highest BCUT2D eigenvalue weighted by molar-refractivity contribution is 7.89. The number of fused-ring (bicyclic) bond motifs is 1. The predicted octanol–water partition coefficient (Wildman–Crippen LogP) is 1.03. The van der Waals surface area contributed by atoms with Gasteiger partial charge < -0.3 is 10.1 Å². The number of primary sulfonamides is 1. The van der Waals surface area contributed by atoms with Gasteiger partial charge in [-0.1, -0.05) is 6.07 Å². The lowest BCUT2D eigenvalue weighted by Crippen LogP contribution is -2.38. The van der Waals surface area contributed by atoms with Crippen molar-refractivity contribution in [2.24, 2.45) is 11.1 Å². The number of ether oxygens (including phenoxy) is 1. The maximum absolute atomic E-state index is 11.4. The summed E-state index contributed by atoms with van der Waals surface area (Å²) >= 11 is 0. The second-order valence-electron chi connectivity index (χ2n) is 5.60. The first-order chi connectivity index (χ1) is 9.54. The minimum absolute atomic E-state index is 0.127. The Bertz CT molecular complexity index is 594. The van der Waals surface area contributed by atoms with Crippen LogP contribution < -0.4 is 15.2 Å². The zero-order chi connectivity index (χ0) is 14.2. The van der Waals surface area contributed by atoms with Gasteiger partial charge in [0.05, 0.1) is 4.90 Å². The monoisotopic (exact) mass is 296 g/mol. The van der Waals surface area contributed by atoms with Crippen molar-refractivity contribution >= 4 is 10.0 Å². The Morgan fingerprint density at radius 3 is 2.65 bits per heavy atom. The first-order valence-corrected chi connectivity index (χ1v) is 8.62. The molecule has 2 heterocycles. The van der Waals surface area contributed by atoms with Gasteiger partial charge in [-0.15, -0.1) is 0 Å². The van der Waals surface area contributed by atoms with Crippen LogP contribution in [-0.4, -0.2) is 27.6 Å². The predicted molar refractivity (Wildman–Crippen MR) is 76.1 cm³/mol. The van der Waals surface area contributed by atoms with E-state index in [1.54, 1.807) is 12.1 Å². The number of aryl methyl sites for hydroxylation is 1. The van der Waals surface area contributed by atoms with Gasteiger partial charge in [0.15, 0.2) is 0 Å². The average molecular weight is 296 g/mol. The Kier molecular flexibility index (Phi) is 3.70. The lowest BCUT2D eigenvalue weighted by molar-refractivity contribution is 0.0915. The lowest BCUT2D eigenvalue weighted by atomic mass is 9.87. The Hall–Kier alpha value is -1.11. The molecule has 20 heavy (non-hydrogen) atoms. The van der Waals surface area contributed by atoms with E-state index in [4.69, 9.17) is 9.88 Å². The topological polar surface area (TPSA) is 81.4 Å². The summed E-state index contributed by atoms with van der Waals surface area (Å²) in [5.41, 5.74) is 1.07. The van der Waals surface area contributed by atoms with Crippen LogP contribution in [0.3, 0.4) is 0 Å². The summed E-state index contributed by atoms with van der Waals surface area (Å²) in [6.07, 6.45) is 4.38. The minimum Gasteiger partial charge on any atom is -0.490 e. The summed E-state index contributed by atoms with van der Waals surface area (Å²) in [6, 6.07) is 4.94. The molecule has 0 amide bonds. The number of hydrogen-bond donors (Lipinski definition) is 2. The van der Waals surface area contributed by atoms with E-state index in [0.717, 1.165) is 44.3 Å². The lowest BCUT2D eigenvalue weighted by Gasteiger charge is -2.34. The van der Waals surface area contributed by atoms with E-state index in [1.165, 1.54) is 0 Å². The van der Waals surface area contributed by atoms with Crippen LogP contribution in [0, 0.1) is 5.92 Å². The molecule has 1 aromatic carbocycles. The minimum atomic E-state index is -3.67. The van der Waals surface area contributed by atoms with Crippen molar-refractivity contribution in [2.75, 3.05) is 13.1 Å². The van der Waals surface area contributed by atoms with Gasteiger partial charge in [-0.3, -0.25) is 0 Å². The van der Waals surface area contributed by atoms with Crippen molar-refractivity contribution < 1.29 is 13.2 Å². The highest BCUT2D eigenvalue weighted by Gasteiger charge is 2.29. The van der Waals surface area contributed by atoms with Gasteiger partial charge in [0, 0.05) is 6.07 Å². The fourth-order valence-corrected chi connectivity index (χ4v) is 3.62. The standard InChI is InChI=1S/C14H20N2O3S/c15-20(17,18)12-3-1-10-2-4-13(19-14(10)9-12)11-5-7-16-8-6-11/h1,3,9,11,13,16H,2,4-8H2,(H2,15,17,18). The fourth-order valence-electron chi connectivity index (χ4n) is 3.10. The number of rotatable bonds is 2. The van der Waals surface area contributed by atoms with Crippen LogP contribution in [0.15, 0.2) is 23.1 Å². The summed E-state index contributed by atoms with van der Waals surface area (Å²) in [5, 5.41) is 8.53. The molecule has 3 N–H and O–H groups in total. The van der Waals surface area contributed by atoms with E-state index in [2.05, 4.69) is 5.32 Å². The molecule has 0 spiro atoms. The van der Waals surface area contributed by atoms with E-state index in [1.807, 2.05) is 6.07 Å². The Morgan fingerprint density at radius 1 is 1.20 bits per heavy atom. The van der Waals surface area contributed by atoms with Gasteiger partial charge in [0.25, 0.3) is 0 Å². The average Bonchev–Trinajstić information content (AvgIpc) is 2.46. The van der Waals surface area contributed by atoms with E-state index >= 15 is 0 Å². The van der Waals surface area contributed by atoms with E-state index < -0.39 is 10.0 Å². The smallest absolute Gasteiger partial charge is 0.238 e. The molecule has 1 saturated heterocycles. The first kappa shape index (κ1) is 13.9. The molecule has 0 bridgehead atoms. The number of nitrogens with one attached hydrogen (secondary N) is 1. The maximum atomic E-state index is 11.4. The number of piperidine rings is 1. The Labute approximate surface area is 119 Å². The van der Waals surface area contributed by atoms with Crippen LogP contribution in [0.1, 0.15) is 24.8 Å². The molecule has 0 aliphatic carbocycles. The molecule has 0 aromatic heterocycles. The molecule has 5 nitrogen and oxygen atoms in total. The van der Waals surface area contributed by atoms with Crippen LogP contribution in [-0.2, 0) is 16.4 Å². The van der Waals surface area contributed by atoms with Gasteiger partial charge in [-0.05, 0) is 56.3 Å². The zero-order valence-electron chi connectivity index (χ0n) is 11.3. The number of benzene rings is 1. The van der Waals surface area contributed by atoms with E-state index in [-0.39, 0.29) is 11.0 Å². The summed E-state index contributed by atoms with van der Waals surface area (Å²) in [4.78, 5) is 0.127. The molecule has 110 valence electrons. The van der Waals surface area contributed by atoms with Gasteiger partial charge in [0.2, 0.25) is 10.0 Å². The third kappa shape index (κ3) is 2.82. The number of nitrogens with two attached hydrogens (primary N) is 1. The van der Waals surface area contributed by atoms with Crippen molar-refractivity contribution in [3.63, 3.8) is 0 Å². The van der Waals surface area contributed by atoms with Crippen LogP contribution in [0.2, 0.25) is 0 Å². The Balaban J connectivity index is 1.82. The molecule has 3 rings (SSSR count). The molecule has 6 heteroatoms. The third-order valence-corrected chi connectivity index (χ3v) is 5.16. The van der Waals surface area contributed by atoms with E-state index in [0.29, 0.717) is 11.7 Å². The third-order valence-electron chi connectivity index (χ3n) is 4.25. The molecule has 2 aliphatic rings. The summed E-state index contributed by atoms with van der Waals surface area (Å²) < 4.78 is 28.9. The van der Waals surface area contributed by atoms with Crippen LogP contribution >= 0.6 is 0 Å². The van der Waals surface area contributed by atoms with Crippen LogP contribution in [0.4, 0.5) is 0 Å². The largest absolute Gasteiger partial charge is 0.490 e. The Morgan fingerprint density at radius 2 is 1.95 bits per heavy atom. The molecular weight excluding hydrogens is 276 g/mol. The number of sulfonamides is 1. The van der Waals surface area contributed by atoms with Crippen molar-refractivity contribution in [1.82, 2.24) is 5.32 Å². The SMILES string of the molecule is NS(=O)(=O)c1ccc2c(c1)OC(C1CCNCC1)CC2. The van der Waals surface area contributed by atoms with Crippen molar-refractivity contribution in [2.45, 2.75) is 36.7 Å². The molecule has 2 aliphatic heterocycles. The normalized spacial score (nSPS) is 23.9. The maximum Gasteiger partial charge on any atom is 0.238 e. The van der Waals surface area contributed by atoms with Crippen molar-refractivity contribution in [3.8, 4) is 5.75 Å². The highest BCUT2D eigenvalue weighted by atomic mass is 32.2. The molecule has 1 aromatic rings. The van der Waals surface area contributed by atoms with Gasteiger partial charge in [-0.2, -0.15) is 0 Å². The van der Waals surface area contributed by atoms with Crippen LogP contribution in [0.25, 0.3) is 0 Å². The first-order valence-electron chi connectivity index (χ1n) is 7.07. The molecule has 1 atom stereocenters. The second-order valence-corrected chi connectivity index (χ2v) is 7.16. The molecule has 1 fully saturated rings. The molecule has 1 unspecified atom stereocenters. The quantitative estimate of drug-likeness (QED) is 0.854. The molecule has 0 saturated carbocycles. The second kappa shape index (κ2) is 5.35. The van der Waals surface area contributed by atoms with Gasteiger partial charge in [0.1, 0.15) is 11.9 Å². The molecule has 0 radical (unpaired) electrons. The van der Waals surface area contributed by atoms with Crippen molar-refractivity contribution in [1.29, 1.82) is 0 Å². The van der Waals surface area contributed by atoms with E-state index in [9.17, 15) is 8.42 Å². The summed E-state index contributed by atoms with van der Waals surface area (Å²) in [7, 11) is -3.67.